The number of allylic oxidation sites excluding steroid dienone is 4. The number of aromatic nitrogens is 4. The Morgan fingerprint density at radius 1 is 0.622 bits per heavy atom. The molecule has 2 aliphatic rings. The van der Waals surface area contributed by atoms with Gasteiger partial charge in [-0.25, -0.2) is 9.97 Å². The first kappa shape index (κ1) is 32.4. The molecule has 0 radical (unpaired) electrons. The van der Waals surface area contributed by atoms with Gasteiger partial charge in [0.2, 0.25) is 6.41 Å². The number of nitrogens with one attached hydrogen (secondary N) is 2. The lowest BCUT2D eigenvalue weighted by molar-refractivity contribution is -0.108. The Kier molecular flexibility index (Phi) is 9.78. The van der Waals surface area contributed by atoms with E-state index in [2.05, 4.69) is 83.6 Å². The smallest absolute Gasteiger partial charge is 0.216 e. The Morgan fingerprint density at radius 3 is 1.62 bits per heavy atom. The Morgan fingerprint density at radius 2 is 1.13 bits per heavy atom. The zero-order chi connectivity index (χ0) is 32.4. The number of amides is 1. The fourth-order valence-electron chi connectivity index (χ4n) is 7.57. The first-order valence-electron chi connectivity index (χ1n) is 17.0. The van der Waals surface area contributed by atoms with Crippen LogP contribution >= 0.6 is 0 Å². The lowest BCUT2D eigenvalue weighted by Crippen LogP contribution is -2.23. The highest BCUT2D eigenvalue weighted by Crippen LogP contribution is 2.45. The van der Waals surface area contributed by atoms with E-state index in [4.69, 9.17) is 9.97 Å². The average molecular weight is 608 g/mol. The number of fused-ring (bicyclic) bond motifs is 8. The fourth-order valence-corrected chi connectivity index (χ4v) is 7.57. The Balaban J connectivity index is 2.17. The van der Waals surface area contributed by atoms with Gasteiger partial charge < -0.3 is 15.1 Å². The average Bonchev–Trinajstić information content (AvgIpc) is 3.83. The summed E-state index contributed by atoms with van der Waals surface area (Å²) in [7, 11) is 0. The molecule has 5 rings (SSSR count). The monoisotopic (exact) mass is 607 g/mol. The van der Waals surface area contributed by atoms with Crippen LogP contribution in [0.25, 0.3) is 44.4 Å². The van der Waals surface area contributed by atoms with Crippen LogP contribution in [0.5, 0.6) is 0 Å². The summed E-state index contributed by atoms with van der Waals surface area (Å²) < 4.78 is 0. The lowest BCUT2D eigenvalue weighted by atomic mass is 9.92. The van der Waals surface area contributed by atoms with E-state index in [0.29, 0.717) is 5.69 Å². The second-order valence-corrected chi connectivity index (χ2v) is 11.7. The highest BCUT2D eigenvalue weighted by Gasteiger charge is 2.30. The van der Waals surface area contributed by atoms with E-state index in [-0.39, 0.29) is 0 Å². The number of hydrogen-bond donors (Lipinski definition) is 3. The maximum Gasteiger partial charge on any atom is 0.216 e. The first-order valence-corrected chi connectivity index (χ1v) is 17.0. The molecule has 0 spiro atoms. The number of carbonyl (C=O) groups excluding carboxylic acids is 1. The molecule has 0 saturated carbocycles. The van der Waals surface area contributed by atoms with Gasteiger partial charge in [-0.2, -0.15) is 0 Å². The van der Waals surface area contributed by atoms with Crippen molar-refractivity contribution >= 4 is 56.5 Å². The predicted octanol–water partition coefficient (Wildman–Crippen LogP) is 8.94. The van der Waals surface area contributed by atoms with Crippen LogP contribution in [0, 0.1) is 0 Å². The van der Waals surface area contributed by atoms with Crippen molar-refractivity contribution in [2.75, 3.05) is 11.6 Å². The number of aliphatic hydroxyl groups excluding tert-OH is 1. The van der Waals surface area contributed by atoms with Crippen LogP contribution in [-0.2, 0) is 30.5 Å². The predicted molar refractivity (Wildman–Crippen MR) is 189 cm³/mol. The molecule has 0 fully saturated rings. The van der Waals surface area contributed by atoms with Crippen molar-refractivity contribution in [3.63, 3.8) is 0 Å². The van der Waals surface area contributed by atoms with Gasteiger partial charge in [0.25, 0.3) is 0 Å². The van der Waals surface area contributed by atoms with Crippen molar-refractivity contribution < 1.29 is 9.90 Å². The van der Waals surface area contributed by atoms with Gasteiger partial charge in [-0.15, -0.1) is 0 Å². The Bertz CT molecular complexity index is 1850. The van der Waals surface area contributed by atoms with Gasteiger partial charge in [0, 0.05) is 27.7 Å². The summed E-state index contributed by atoms with van der Waals surface area (Å²) in [6, 6.07) is 6.48. The maximum atomic E-state index is 12.6. The largest absolute Gasteiger partial charge is 0.376 e. The van der Waals surface area contributed by atoms with Crippen molar-refractivity contribution in [1.82, 2.24) is 19.9 Å². The number of aromatic amines is 2. The fraction of sp³-hybridized carbons (Fsp3) is 0.447. The molecule has 0 aromatic carbocycles. The normalized spacial score (nSPS) is 13.3. The van der Waals surface area contributed by atoms with Gasteiger partial charge in [0.1, 0.15) is 6.73 Å². The van der Waals surface area contributed by atoms with E-state index in [1.807, 2.05) is 0 Å². The molecule has 3 N–H and O–H groups in total. The molecular formula is C38H49N5O2. The molecule has 8 bridgehead atoms. The van der Waals surface area contributed by atoms with Crippen LogP contribution < -0.4 is 4.90 Å². The summed E-state index contributed by atoms with van der Waals surface area (Å²) in [6.07, 6.45) is 7.31. The van der Waals surface area contributed by atoms with Crippen LogP contribution in [0.2, 0.25) is 0 Å². The lowest BCUT2D eigenvalue weighted by Gasteiger charge is -2.18. The molecule has 238 valence electrons. The molecule has 7 nitrogen and oxygen atoms in total. The van der Waals surface area contributed by atoms with Crippen molar-refractivity contribution in [1.29, 1.82) is 0 Å². The number of hydrogen-bond acceptors (Lipinski definition) is 4. The number of H-pyrrole nitrogens is 2. The molecule has 0 aliphatic carbocycles. The maximum absolute atomic E-state index is 12.6. The molecule has 3 aromatic rings. The second-order valence-electron chi connectivity index (χ2n) is 11.7. The minimum atomic E-state index is -0.443. The molecule has 2 aliphatic heterocycles. The Labute approximate surface area is 267 Å². The number of carbonyl (C=O) groups is 1. The van der Waals surface area contributed by atoms with E-state index in [1.165, 1.54) is 32.7 Å². The quantitative estimate of drug-likeness (QED) is 0.150. The van der Waals surface area contributed by atoms with Gasteiger partial charge in [-0.05, 0) is 103 Å². The van der Waals surface area contributed by atoms with Crippen LogP contribution in [0.15, 0.2) is 18.2 Å². The number of aliphatic hydroxyl groups is 1. The van der Waals surface area contributed by atoms with E-state index >= 15 is 0 Å². The SMILES string of the molecule is CCC1=C(CC)c2nc1c(CC)c1nc(c(N(C=O)CO)c3[nH]c(cc4ccc([nH]4)c2CC)c(CC)c3CC)C(CC)=C1CC. The molecule has 7 heteroatoms. The van der Waals surface area contributed by atoms with Gasteiger partial charge in [-0.3, -0.25) is 9.69 Å². The van der Waals surface area contributed by atoms with Crippen molar-refractivity contribution in [2.45, 2.75) is 107 Å². The molecule has 3 aromatic heterocycles. The number of aryl methyl sites for hydroxylation is 3. The van der Waals surface area contributed by atoms with E-state index in [9.17, 15) is 9.90 Å². The van der Waals surface area contributed by atoms with Gasteiger partial charge in [0.05, 0.1) is 34.0 Å². The summed E-state index contributed by atoms with van der Waals surface area (Å²) in [5.74, 6) is 0. The third-order valence-electron chi connectivity index (χ3n) is 9.62. The first-order chi connectivity index (χ1) is 21.9. The molecular weight excluding hydrogens is 558 g/mol. The summed E-state index contributed by atoms with van der Waals surface area (Å²) in [4.78, 5) is 32.3. The van der Waals surface area contributed by atoms with Crippen molar-refractivity contribution in [3.05, 3.63) is 63.2 Å². The highest BCUT2D eigenvalue weighted by molar-refractivity contribution is 6.03. The third-order valence-corrected chi connectivity index (χ3v) is 9.62. The van der Waals surface area contributed by atoms with E-state index < -0.39 is 6.73 Å². The zero-order valence-corrected chi connectivity index (χ0v) is 28.4. The molecule has 0 unspecified atom stereocenters. The number of anilines is 1. The van der Waals surface area contributed by atoms with Gasteiger partial charge in [0.15, 0.2) is 0 Å². The van der Waals surface area contributed by atoms with E-state index in [1.54, 1.807) is 0 Å². The van der Waals surface area contributed by atoms with Crippen LogP contribution in [0.4, 0.5) is 5.69 Å². The third kappa shape index (κ3) is 5.25. The van der Waals surface area contributed by atoms with Crippen molar-refractivity contribution in [2.24, 2.45) is 0 Å². The van der Waals surface area contributed by atoms with Crippen LogP contribution in [-0.4, -0.2) is 38.2 Å². The highest BCUT2D eigenvalue weighted by atomic mass is 16.3. The summed E-state index contributed by atoms with van der Waals surface area (Å²) in [6.45, 7) is 17.1. The summed E-state index contributed by atoms with van der Waals surface area (Å²) >= 11 is 0. The molecule has 45 heavy (non-hydrogen) atoms. The minimum absolute atomic E-state index is 0.443. The van der Waals surface area contributed by atoms with E-state index in [0.717, 1.165) is 119 Å². The summed E-state index contributed by atoms with van der Waals surface area (Å²) in [5.41, 5.74) is 18.1. The Hall–Kier alpha value is -3.97. The summed E-state index contributed by atoms with van der Waals surface area (Å²) in [5, 5.41) is 10.5. The van der Waals surface area contributed by atoms with Crippen molar-refractivity contribution in [3.8, 4) is 0 Å². The standard InChI is InChI=1S/C38H49N5O2/c1-9-23-24(10-2)36-38(43(20-44)21-45)37-28(14-6)27(13-5)35(42-37)30(16-8)34-26(12-4)25(11-3)33(41-34)29(15-7)31-18-17-22(39-31)19-32(23)40-36/h17-20,39-40,45H,9-16,21H2,1-8H3. The molecule has 0 saturated heterocycles. The van der Waals surface area contributed by atoms with Gasteiger partial charge >= 0.3 is 0 Å². The topological polar surface area (TPSA) is 97.9 Å². The van der Waals surface area contributed by atoms with Crippen LogP contribution in [0.1, 0.15) is 126 Å². The number of nitrogens with zero attached hydrogens (tertiary/aromatic N) is 3. The minimum Gasteiger partial charge on any atom is -0.376 e. The molecule has 5 heterocycles. The van der Waals surface area contributed by atoms with Crippen LogP contribution in [0.3, 0.4) is 0 Å². The zero-order valence-electron chi connectivity index (χ0n) is 28.4. The molecule has 0 atom stereocenters. The number of rotatable bonds is 11. The molecule has 1 amide bonds. The second kappa shape index (κ2) is 13.6. The van der Waals surface area contributed by atoms with Gasteiger partial charge in [-0.1, -0.05) is 55.4 Å².